The van der Waals surface area contributed by atoms with E-state index in [-0.39, 0.29) is 23.9 Å². The first-order chi connectivity index (χ1) is 11.3. The predicted octanol–water partition coefficient (Wildman–Crippen LogP) is 6.51. The molecule has 136 valence electrons. The zero-order valence-corrected chi connectivity index (χ0v) is 18.5. The average Bonchev–Trinajstić information content (AvgIpc) is 2.45. The second-order valence-electron chi connectivity index (χ2n) is 10.1. The zero-order chi connectivity index (χ0) is 19.0. The van der Waals surface area contributed by atoms with Gasteiger partial charge < -0.3 is 0 Å². The molecule has 0 aliphatic rings. The summed E-state index contributed by atoms with van der Waals surface area (Å²) in [6.07, 6.45) is 0. The molecule has 2 aromatic rings. The van der Waals surface area contributed by atoms with E-state index in [2.05, 4.69) is 111 Å². The van der Waals surface area contributed by atoms with Crippen molar-refractivity contribution < 1.29 is 0 Å². The van der Waals surface area contributed by atoms with Crippen LogP contribution in [0.3, 0.4) is 0 Å². The summed E-state index contributed by atoms with van der Waals surface area (Å²) in [6, 6.07) is 18.7. The molecule has 0 saturated carbocycles. The van der Waals surface area contributed by atoms with E-state index in [0.29, 0.717) is 0 Å². The van der Waals surface area contributed by atoms with Gasteiger partial charge in [0.25, 0.3) is 0 Å². The summed E-state index contributed by atoms with van der Waals surface area (Å²) in [5.74, 6) is 0. The Balaban J connectivity index is 2.44. The molecule has 0 atom stereocenters. The Morgan fingerprint density at radius 3 is 0.960 bits per heavy atom. The summed E-state index contributed by atoms with van der Waals surface area (Å²) in [6.45, 7) is 20.8. The Morgan fingerprint density at radius 2 is 0.760 bits per heavy atom. The van der Waals surface area contributed by atoms with E-state index in [1.54, 1.807) is 0 Å². The molecule has 2 aromatic carbocycles. The summed E-state index contributed by atoms with van der Waals surface area (Å²) in [7, 11) is -0.388. The van der Waals surface area contributed by atoms with E-state index in [0.717, 1.165) is 0 Å². The lowest BCUT2D eigenvalue weighted by Gasteiger charge is -2.33. The van der Waals surface area contributed by atoms with Crippen molar-refractivity contribution in [3.8, 4) is 0 Å². The molecule has 0 unspecified atom stereocenters. The van der Waals surface area contributed by atoms with E-state index in [9.17, 15) is 0 Å². The van der Waals surface area contributed by atoms with Crippen molar-refractivity contribution in [1.29, 1.82) is 0 Å². The maximum Gasteiger partial charge on any atom is -0.00991 e. The molecule has 0 fully saturated rings. The molecule has 0 radical (unpaired) electrons. The van der Waals surface area contributed by atoms with E-state index < -0.39 is 0 Å². The highest BCUT2D eigenvalue weighted by Crippen LogP contribution is 2.47. The van der Waals surface area contributed by atoms with Gasteiger partial charge in [-0.2, -0.15) is 0 Å². The highest BCUT2D eigenvalue weighted by atomic mass is 31.1. The van der Waals surface area contributed by atoms with Gasteiger partial charge in [0.2, 0.25) is 0 Å². The van der Waals surface area contributed by atoms with Crippen LogP contribution in [0.1, 0.15) is 73.4 Å². The predicted molar refractivity (Wildman–Crippen MR) is 116 cm³/mol. The monoisotopic (exact) mass is 354 g/mol. The molecular weight excluding hydrogens is 319 g/mol. The van der Waals surface area contributed by atoms with E-state index in [1.807, 2.05) is 0 Å². The van der Waals surface area contributed by atoms with Crippen LogP contribution in [-0.2, 0) is 10.8 Å². The van der Waals surface area contributed by atoms with Gasteiger partial charge in [-0.25, -0.2) is 0 Å². The summed E-state index contributed by atoms with van der Waals surface area (Å²) < 4.78 is 0. The minimum absolute atomic E-state index is 0.206. The van der Waals surface area contributed by atoms with Crippen LogP contribution in [0.4, 0.5) is 0 Å². The smallest absolute Gasteiger partial charge is 0.00991 e. The third kappa shape index (κ3) is 4.95. The van der Waals surface area contributed by atoms with E-state index in [1.165, 1.54) is 21.7 Å². The fourth-order valence-corrected chi connectivity index (χ4v) is 5.89. The van der Waals surface area contributed by atoms with Crippen LogP contribution >= 0.6 is 7.92 Å². The van der Waals surface area contributed by atoms with Gasteiger partial charge in [0.05, 0.1) is 0 Å². The average molecular weight is 355 g/mol. The van der Waals surface area contributed by atoms with Crippen molar-refractivity contribution >= 4 is 18.5 Å². The number of hydrogen-bond acceptors (Lipinski definition) is 0. The van der Waals surface area contributed by atoms with Gasteiger partial charge in [0.1, 0.15) is 0 Å². The van der Waals surface area contributed by atoms with Crippen LogP contribution in [0.25, 0.3) is 0 Å². The molecule has 0 heterocycles. The first-order valence-corrected chi connectivity index (χ1v) is 10.7. The van der Waals surface area contributed by atoms with Gasteiger partial charge in [-0.15, -0.1) is 0 Å². The van der Waals surface area contributed by atoms with Gasteiger partial charge >= 0.3 is 0 Å². The van der Waals surface area contributed by atoms with Gasteiger partial charge in [-0.1, -0.05) is 111 Å². The molecule has 2 rings (SSSR count). The molecule has 0 amide bonds. The Hall–Kier alpha value is -1.13. The molecule has 0 aliphatic heterocycles. The molecule has 0 aliphatic carbocycles. The molecule has 0 N–H and O–H groups in total. The minimum atomic E-state index is -0.388. The number of rotatable bonds is 2. The Bertz CT molecular complexity index is 629. The largest absolute Gasteiger partial charge is 0.0579 e. The van der Waals surface area contributed by atoms with Crippen LogP contribution in [0.5, 0.6) is 0 Å². The second kappa shape index (κ2) is 6.88. The van der Waals surface area contributed by atoms with Gasteiger partial charge in [-0.05, 0) is 45.6 Å². The lowest BCUT2D eigenvalue weighted by atomic mass is 9.87. The van der Waals surface area contributed by atoms with Crippen LogP contribution in [0, 0.1) is 0 Å². The molecule has 25 heavy (non-hydrogen) atoms. The van der Waals surface area contributed by atoms with Crippen molar-refractivity contribution in [2.75, 3.05) is 0 Å². The zero-order valence-electron chi connectivity index (χ0n) is 17.6. The molecule has 1 heteroatoms. The molecule has 0 saturated heterocycles. The highest BCUT2D eigenvalue weighted by molar-refractivity contribution is 7.74. The normalized spacial score (nSPS) is 13.4. The molecule has 0 spiro atoms. The lowest BCUT2D eigenvalue weighted by molar-refractivity contribution is 0.590. The van der Waals surface area contributed by atoms with Crippen molar-refractivity contribution in [2.24, 2.45) is 0 Å². The summed E-state index contributed by atoms with van der Waals surface area (Å²) in [4.78, 5) is 0. The summed E-state index contributed by atoms with van der Waals surface area (Å²) >= 11 is 0. The molecule has 0 aromatic heterocycles. The van der Waals surface area contributed by atoms with E-state index >= 15 is 0 Å². The topological polar surface area (TPSA) is 0 Å². The van der Waals surface area contributed by atoms with Crippen LogP contribution in [0.2, 0.25) is 0 Å². The number of hydrogen-bond donors (Lipinski definition) is 0. The van der Waals surface area contributed by atoms with Gasteiger partial charge in [0.15, 0.2) is 0 Å². The quantitative estimate of drug-likeness (QED) is 0.539. The Kier molecular flexibility index (Phi) is 5.56. The van der Waals surface area contributed by atoms with Crippen molar-refractivity contribution in [3.05, 3.63) is 59.7 Å². The summed E-state index contributed by atoms with van der Waals surface area (Å²) in [5, 5.41) is 3.18. The third-order valence-electron chi connectivity index (χ3n) is 4.65. The standard InChI is InChI=1S/C24H35P/c1-22(2,3)18-10-14-20(15-11-18)25(24(7,8)9)21-16-12-19(13-17-21)23(4,5)6/h10-17H,1-9H3. The summed E-state index contributed by atoms with van der Waals surface area (Å²) in [5.41, 5.74) is 3.22. The maximum atomic E-state index is 2.37. The minimum Gasteiger partial charge on any atom is -0.0579 e. The van der Waals surface area contributed by atoms with Gasteiger partial charge in [-0.3, -0.25) is 0 Å². The van der Waals surface area contributed by atoms with E-state index in [4.69, 9.17) is 0 Å². The molecular formula is C24H35P. The van der Waals surface area contributed by atoms with Gasteiger partial charge in [0, 0.05) is 0 Å². The highest BCUT2D eigenvalue weighted by Gasteiger charge is 2.28. The Labute approximate surface area is 156 Å². The molecule has 0 nitrogen and oxygen atoms in total. The van der Waals surface area contributed by atoms with Crippen molar-refractivity contribution in [2.45, 2.75) is 78.3 Å². The van der Waals surface area contributed by atoms with Crippen LogP contribution in [0.15, 0.2) is 48.5 Å². The number of benzene rings is 2. The fourth-order valence-electron chi connectivity index (χ4n) is 3.14. The van der Waals surface area contributed by atoms with Crippen LogP contribution in [-0.4, -0.2) is 5.16 Å². The maximum absolute atomic E-state index is 2.37. The second-order valence-corrected chi connectivity index (χ2v) is 13.1. The van der Waals surface area contributed by atoms with Crippen LogP contribution < -0.4 is 10.6 Å². The first kappa shape index (κ1) is 20.2. The first-order valence-electron chi connectivity index (χ1n) is 9.31. The SMILES string of the molecule is CC(C)(C)c1ccc(P(c2ccc(C(C)(C)C)cc2)C(C)(C)C)cc1. The van der Waals surface area contributed by atoms with Crippen molar-refractivity contribution in [1.82, 2.24) is 0 Å². The third-order valence-corrected chi connectivity index (χ3v) is 7.62. The Morgan fingerprint density at radius 1 is 0.480 bits per heavy atom. The molecule has 0 bridgehead atoms. The fraction of sp³-hybridized carbons (Fsp3) is 0.500. The van der Waals surface area contributed by atoms with Crippen molar-refractivity contribution in [3.63, 3.8) is 0 Å². The lowest BCUT2D eigenvalue weighted by Crippen LogP contribution is -2.27.